The van der Waals surface area contributed by atoms with E-state index in [4.69, 9.17) is 4.74 Å². The second-order valence-electron chi connectivity index (χ2n) is 4.55. The maximum atomic E-state index is 13.5. The van der Waals surface area contributed by atoms with Crippen molar-refractivity contribution in [2.24, 2.45) is 0 Å². The minimum atomic E-state index is -3.67. The fourth-order valence-corrected chi connectivity index (χ4v) is 3.62. The summed E-state index contributed by atoms with van der Waals surface area (Å²) in [5.74, 6) is -1.12. The molecule has 3 rings (SSSR count). The van der Waals surface area contributed by atoms with E-state index in [9.17, 15) is 17.2 Å². The molecule has 1 aliphatic heterocycles. The zero-order chi connectivity index (χ0) is 15.0. The molecule has 2 aromatic carbocycles. The molecule has 21 heavy (non-hydrogen) atoms. The minimum absolute atomic E-state index is 0.0337. The molecule has 0 radical (unpaired) electrons. The number of benzene rings is 2. The van der Waals surface area contributed by atoms with Crippen LogP contribution in [-0.2, 0) is 9.84 Å². The molecule has 0 saturated heterocycles. The van der Waals surface area contributed by atoms with Gasteiger partial charge in [-0.15, -0.1) is 0 Å². The number of hydrogen-bond donors (Lipinski definition) is 0. The number of ether oxygens (including phenoxy) is 1. The molecule has 1 heterocycles. The predicted octanol–water partition coefficient (Wildman–Crippen LogP) is 3.17. The first-order valence-electron chi connectivity index (χ1n) is 6.10. The van der Waals surface area contributed by atoms with E-state index >= 15 is 0 Å². The van der Waals surface area contributed by atoms with Crippen LogP contribution < -0.4 is 4.74 Å². The summed E-state index contributed by atoms with van der Waals surface area (Å²) >= 11 is 0. The van der Waals surface area contributed by atoms with Crippen molar-refractivity contribution in [3.8, 4) is 5.75 Å². The second-order valence-corrected chi connectivity index (χ2v) is 6.31. The molecule has 1 aliphatic rings. The third kappa shape index (κ3) is 2.54. The summed E-state index contributed by atoms with van der Waals surface area (Å²) in [7, 11) is -3.67. The molecule has 0 atom stereocenters. The molecule has 0 N–H and O–H groups in total. The lowest BCUT2D eigenvalue weighted by atomic mass is 10.1. The topological polar surface area (TPSA) is 43.4 Å². The molecule has 108 valence electrons. The van der Waals surface area contributed by atoms with Crippen molar-refractivity contribution in [1.29, 1.82) is 0 Å². The molecule has 0 aromatic heterocycles. The summed E-state index contributed by atoms with van der Waals surface area (Å²) in [6.45, 7) is -0.112. The molecule has 0 bridgehead atoms. The van der Waals surface area contributed by atoms with Gasteiger partial charge in [-0.2, -0.15) is 0 Å². The first kappa shape index (κ1) is 13.8. The molecule has 3 nitrogen and oxygen atoms in total. The van der Waals surface area contributed by atoms with Gasteiger partial charge in [0.1, 0.15) is 12.4 Å². The number of halogens is 2. The number of fused-ring (bicyclic) bond motifs is 1. The lowest BCUT2D eigenvalue weighted by molar-refractivity contribution is 0.348. The summed E-state index contributed by atoms with van der Waals surface area (Å²) in [5.41, 5.74) is 0.751. The quantitative estimate of drug-likeness (QED) is 0.874. The van der Waals surface area contributed by atoms with Crippen molar-refractivity contribution in [2.75, 3.05) is 6.61 Å². The van der Waals surface area contributed by atoms with Crippen LogP contribution in [0.15, 0.2) is 52.8 Å². The van der Waals surface area contributed by atoms with E-state index in [1.807, 2.05) is 0 Å². The molecule has 6 heteroatoms. The Morgan fingerprint density at radius 3 is 2.57 bits per heavy atom. The molecule has 0 unspecified atom stereocenters. The third-order valence-corrected chi connectivity index (χ3v) is 4.66. The van der Waals surface area contributed by atoms with Gasteiger partial charge in [0.15, 0.2) is 11.6 Å². The van der Waals surface area contributed by atoms with Gasteiger partial charge >= 0.3 is 0 Å². The van der Waals surface area contributed by atoms with Crippen molar-refractivity contribution >= 4 is 15.4 Å². The van der Waals surface area contributed by atoms with Crippen molar-refractivity contribution < 1.29 is 21.9 Å². The van der Waals surface area contributed by atoms with E-state index in [2.05, 4.69) is 0 Å². The van der Waals surface area contributed by atoms with Gasteiger partial charge in [-0.1, -0.05) is 18.2 Å². The Morgan fingerprint density at radius 2 is 1.81 bits per heavy atom. The molecule has 2 aromatic rings. The van der Waals surface area contributed by atoms with E-state index in [1.165, 1.54) is 30.3 Å². The standard InChI is InChI=1S/C15H10F2O3S/c16-11-5-6-12-10(9-21(18,19)15(12)7-11)8-20-14-4-2-1-3-13(14)17/h1-7,9H,8H2. The predicted molar refractivity (Wildman–Crippen MR) is 73.5 cm³/mol. The van der Waals surface area contributed by atoms with Crippen LogP contribution in [0.3, 0.4) is 0 Å². The van der Waals surface area contributed by atoms with E-state index in [1.54, 1.807) is 6.07 Å². The number of para-hydroxylation sites is 1. The largest absolute Gasteiger partial charge is 0.486 e. The highest BCUT2D eigenvalue weighted by atomic mass is 32.2. The van der Waals surface area contributed by atoms with E-state index in [0.717, 1.165) is 11.5 Å². The Bertz CT molecular complexity index is 842. The van der Waals surface area contributed by atoms with Crippen LogP contribution in [0.5, 0.6) is 5.75 Å². The lowest BCUT2D eigenvalue weighted by Gasteiger charge is -2.08. The Kier molecular flexibility index (Phi) is 3.25. The summed E-state index contributed by atoms with van der Waals surface area (Å²) in [6, 6.07) is 9.37. The van der Waals surface area contributed by atoms with Crippen molar-refractivity contribution in [3.63, 3.8) is 0 Å². The van der Waals surface area contributed by atoms with E-state index in [-0.39, 0.29) is 17.3 Å². The minimum Gasteiger partial charge on any atom is -0.486 e. The SMILES string of the molecule is O=S1(=O)C=C(COc2ccccc2F)c2ccc(F)cc21. The fourth-order valence-electron chi connectivity index (χ4n) is 2.14. The normalized spacial score (nSPS) is 15.4. The highest BCUT2D eigenvalue weighted by molar-refractivity contribution is 7.95. The van der Waals surface area contributed by atoms with Crippen molar-refractivity contribution in [1.82, 2.24) is 0 Å². The third-order valence-electron chi connectivity index (χ3n) is 3.11. The Hall–Kier alpha value is -2.21. The molecule has 0 spiro atoms. The van der Waals surface area contributed by atoms with Crippen molar-refractivity contribution in [2.45, 2.75) is 4.90 Å². The Balaban J connectivity index is 1.90. The fraction of sp³-hybridized carbons (Fsp3) is 0.0667. The summed E-state index contributed by atoms with van der Waals surface area (Å²) in [6.07, 6.45) is 0. The van der Waals surface area contributed by atoms with Gasteiger partial charge < -0.3 is 4.74 Å². The first-order valence-corrected chi connectivity index (χ1v) is 7.65. The van der Waals surface area contributed by atoms with Gasteiger partial charge in [0, 0.05) is 16.5 Å². The zero-order valence-electron chi connectivity index (χ0n) is 10.7. The van der Waals surface area contributed by atoms with Crippen LogP contribution in [0.2, 0.25) is 0 Å². The van der Waals surface area contributed by atoms with E-state index < -0.39 is 21.5 Å². The average Bonchev–Trinajstić information content (AvgIpc) is 2.69. The molecular weight excluding hydrogens is 298 g/mol. The van der Waals surface area contributed by atoms with Crippen LogP contribution in [0.4, 0.5) is 8.78 Å². The van der Waals surface area contributed by atoms with Gasteiger partial charge in [-0.25, -0.2) is 17.2 Å². The maximum absolute atomic E-state index is 13.5. The number of hydrogen-bond acceptors (Lipinski definition) is 3. The van der Waals surface area contributed by atoms with Crippen LogP contribution in [0, 0.1) is 11.6 Å². The summed E-state index contributed by atoms with van der Waals surface area (Å²) < 4.78 is 55.8. The number of rotatable bonds is 3. The Morgan fingerprint density at radius 1 is 1.05 bits per heavy atom. The molecule has 0 aliphatic carbocycles. The highest BCUT2D eigenvalue weighted by Crippen LogP contribution is 2.34. The molecule has 0 saturated carbocycles. The van der Waals surface area contributed by atoms with Gasteiger partial charge in [0.2, 0.25) is 9.84 Å². The smallest absolute Gasteiger partial charge is 0.200 e. The number of sulfone groups is 1. The van der Waals surface area contributed by atoms with Crippen LogP contribution in [0.25, 0.3) is 5.57 Å². The summed E-state index contributed by atoms with van der Waals surface area (Å²) in [5, 5.41) is 1.03. The zero-order valence-corrected chi connectivity index (χ0v) is 11.5. The van der Waals surface area contributed by atoms with Crippen LogP contribution in [-0.4, -0.2) is 15.0 Å². The van der Waals surface area contributed by atoms with Crippen molar-refractivity contribution in [3.05, 3.63) is 65.1 Å². The van der Waals surface area contributed by atoms with Gasteiger partial charge in [0.25, 0.3) is 0 Å². The van der Waals surface area contributed by atoms with Gasteiger partial charge in [-0.3, -0.25) is 0 Å². The Labute approximate surface area is 120 Å². The second kappa shape index (κ2) is 4.96. The maximum Gasteiger partial charge on any atom is 0.200 e. The first-order chi connectivity index (χ1) is 9.97. The summed E-state index contributed by atoms with van der Waals surface area (Å²) in [4.78, 5) is -0.0883. The highest BCUT2D eigenvalue weighted by Gasteiger charge is 2.27. The molecule has 0 fully saturated rings. The van der Waals surface area contributed by atoms with Crippen LogP contribution >= 0.6 is 0 Å². The van der Waals surface area contributed by atoms with E-state index in [0.29, 0.717) is 11.1 Å². The van der Waals surface area contributed by atoms with Gasteiger partial charge in [-0.05, 0) is 24.3 Å². The van der Waals surface area contributed by atoms with Gasteiger partial charge in [0.05, 0.1) is 4.90 Å². The average molecular weight is 308 g/mol. The monoisotopic (exact) mass is 308 g/mol. The lowest BCUT2D eigenvalue weighted by Crippen LogP contribution is -2.01. The molecule has 0 amide bonds. The molecular formula is C15H10F2O3S. The van der Waals surface area contributed by atoms with Crippen LogP contribution in [0.1, 0.15) is 5.56 Å².